The number of hydrogen-bond donors (Lipinski definition) is 1. The fourth-order valence-corrected chi connectivity index (χ4v) is 3.57. The minimum absolute atomic E-state index is 0.596. The molecule has 0 aromatic carbocycles. The Morgan fingerprint density at radius 2 is 1.89 bits per heavy atom. The summed E-state index contributed by atoms with van der Waals surface area (Å²) in [6.07, 6.45) is 7.04. The van der Waals surface area contributed by atoms with Crippen LogP contribution in [0.25, 0.3) is 0 Å². The van der Waals surface area contributed by atoms with Crippen molar-refractivity contribution in [2.45, 2.75) is 16.8 Å². The normalized spacial score (nSPS) is 10.6. The van der Waals surface area contributed by atoms with Crippen molar-refractivity contribution in [3.05, 3.63) is 72.3 Å². The Balaban J connectivity index is 1.67. The van der Waals surface area contributed by atoms with Crippen LogP contribution in [0.4, 0.5) is 10.9 Å². The second kappa shape index (κ2) is 8.15. The smallest absolute Gasteiger partial charge is 0.188 e. The molecular formula is C19H15N5OS2. The van der Waals surface area contributed by atoms with Crippen molar-refractivity contribution in [2.75, 3.05) is 5.32 Å². The van der Waals surface area contributed by atoms with E-state index >= 15 is 0 Å². The zero-order valence-corrected chi connectivity index (χ0v) is 16.0. The summed E-state index contributed by atoms with van der Waals surface area (Å²) in [4.78, 5) is 18.3. The first-order valence-corrected chi connectivity index (χ1v) is 9.82. The highest BCUT2D eigenvalue weighted by molar-refractivity contribution is 7.99. The molecule has 0 saturated heterocycles. The molecule has 0 aliphatic heterocycles. The molecule has 0 fully saturated rings. The summed E-state index contributed by atoms with van der Waals surface area (Å²) in [5.41, 5.74) is 0.806. The quantitative estimate of drug-likeness (QED) is 0.475. The van der Waals surface area contributed by atoms with Gasteiger partial charge in [0.15, 0.2) is 16.7 Å². The molecule has 0 saturated carbocycles. The third-order valence-corrected chi connectivity index (χ3v) is 5.12. The van der Waals surface area contributed by atoms with E-state index in [4.69, 9.17) is 4.74 Å². The van der Waals surface area contributed by atoms with Crippen molar-refractivity contribution >= 4 is 34.0 Å². The third-order valence-electron chi connectivity index (χ3n) is 3.52. The number of aryl methyl sites for hydroxylation is 1. The Hall–Kier alpha value is -2.97. The van der Waals surface area contributed by atoms with Crippen LogP contribution in [0, 0.1) is 6.92 Å². The third kappa shape index (κ3) is 4.42. The Bertz CT molecular complexity index is 1030. The summed E-state index contributed by atoms with van der Waals surface area (Å²) < 4.78 is 6.12. The minimum atomic E-state index is 0.596. The SMILES string of the molecule is Cc1ncccc1Oc1cc(Sc2ccccn2)cnc1Nc1nccs1. The first-order chi connectivity index (χ1) is 13.3. The van der Waals surface area contributed by atoms with E-state index in [1.807, 2.05) is 48.7 Å². The summed E-state index contributed by atoms with van der Waals surface area (Å²) in [5, 5.41) is 6.75. The van der Waals surface area contributed by atoms with Crippen LogP contribution in [0.2, 0.25) is 0 Å². The van der Waals surface area contributed by atoms with Crippen molar-refractivity contribution in [3.8, 4) is 11.5 Å². The molecule has 0 atom stereocenters. The number of hydrogen-bond acceptors (Lipinski definition) is 8. The monoisotopic (exact) mass is 393 g/mol. The first-order valence-electron chi connectivity index (χ1n) is 8.13. The highest BCUT2D eigenvalue weighted by Gasteiger charge is 2.12. The van der Waals surface area contributed by atoms with Crippen molar-refractivity contribution in [1.82, 2.24) is 19.9 Å². The predicted molar refractivity (Wildman–Crippen MR) is 107 cm³/mol. The fraction of sp³-hybridized carbons (Fsp3) is 0.0526. The number of nitrogens with zero attached hydrogens (tertiary/aromatic N) is 4. The van der Waals surface area contributed by atoms with Crippen LogP contribution < -0.4 is 10.1 Å². The lowest BCUT2D eigenvalue weighted by Crippen LogP contribution is -1.98. The number of anilines is 2. The van der Waals surface area contributed by atoms with E-state index in [9.17, 15) is 0 Å². The summed E-state index contributed by atoms with van der Waals surface area (Å²) in [6, 6.07) is 11.5. The van der Waals surface area contributed by atoms with Gasteiger partial charge in [-0.1, -0.05) is 17.8 Å². The van der Waals surface area contributed by atoms with Crippen LogP contribution in [0.1, 0.15) is 5.69 Å². The zero-order valence-electron chi connectivity index (χ0n) is 14.4. The molecule has 0 aliphatic rings. The van der Waals surface area contributed by atoms with Crippen molar-refractivity contribution in [2.24, 2.45) is 0 Å². The van der Waals surface area contributed by atoms with Crippen LogP contribution >= 0.6 is 23.1 Å². The Labute approximate surface area is 164 Å². The van der Waals surface area contributed by atoms with Crippen molar-refractivity contribution < 1.29 is 4.74 Å². The van der Waals surface area contributed by atoms with Crippen LogP contribution in [0.5, 0.6) is 11.5 Å². The molecular weight excluding hydrogens is 378 g/mol. The number of rotatable bonds is 6. The van der Waals surface area contributed by atoms with Gasteiger partial charge < -0.3 is 10.1 Å². The first kappa shape index (κ1) is 17.4. The fourth-order valence-electron chi connectivity index (χ4n) is 2.26. The second-order valence-corrected chi connectivity index (χ2v) is 7.43. The maximum atomic E-state index is 6.12. The van der Waals surface area contributed by atoms with Gasteiger partial charge in [-0.25, -0.2) is 15.0 Å². The van der Waals surface area contributed by atoms with Gasteiger partial charge in [0.1, 0.15) is 10.8 Å². The Kier molecular flexibility index (Phi) is 5.27. The van der Waals surface area contributed by atoms with Crippen LogP contribution in [-0.2, 0) is 0 Å². The summed E-state index contributed by atoms with van der Waals surface area (Å²) in [5.74, 6) is 1.88. The summed E-state index contributed by atoms with van der Waals surface area (Å²) in [7, 11) is 0. The molecule has 0 amide bonds. The lowest BCUT2D eigenvalue weighted by molar-refractivity contribution is 0.474. The lowest BCUT2D eigenvalue weighted by atomic mass is 10.3. The van der Waals surface area contributed by atoms with E-state index in [1.54, 1.807) is 24.8 Å². The van der Waals surface area contributed by atoms with Gasteiger partial charge in [-0.3, -0.25) is 4.98 Å². The van der Waals surface area contributed by atoms with E-state index in [0.717, 1.165) is 20.7 Å². The number of nitrogens with one attached hydrogen (secondary N) is 1. The molecule has 0 bridgehead atoms. The van der Waals surface area contributed by atoms with Gasteiger partial charge in [0, 0.05) is 41.1 Å². The topological polar surface area (TPSA) is 72.8 Å². The predicted octanol–water partition coefficient (Wildman–Crippen LogP) is 5.32. The number of ether oxygens (including phenoxy) is 1. The molecule has 0 radical (unpaired) electrons. The van der Waals surface area contributed by atoms with E-state index in [1.165, 1.54) is 23.1 Å². The van der Waals surface area contributed by atoms with Gasteiger partial charge in [-0.15, -0.1) is 11.3 Å². The molecule has 4 aromatic heterocycles. The molecule has 27 heavy (non-hydrogen) atoms. The number of thiazole rings is 1. The van der Waals surface area contributed by atoms with E-state index in [2.05, 4.69) is 25.3 Å². The van der Waals surface area contributed by atoms with Crippen molar-refractivity contribution in [1.29, 1.82) is 0 Å². The molecule has 4 heterocycles. The highest BCUT2D eigenvalue weighted by atomic mass is 32.2. The largest absolute Gasteiger partial charge is 0.452 e. The highest BCUT2D eigenvalue weighted by Crippen LogP contribution is 2.36. The van der Waals surface area contributed by atoms with Gasteiger partial charge in [0.25, 0.3) is 0 Å². The van der Waals surface area contributed by atoms with Gasteiger partial charge in [-0.2, -0.15) is 0 Å². The molecule has 4 aromatic rings. The second-order valence-electron chi connectivity index (χ2n) is 5.44. The molecule has 4 rings (SSSR count). The Morgan fingerprint density at radius 3 is 2.67 bits per heavy atom. The van der Waals surface area contributed by atoms with Gasteiger partial charge in [0.05, 0.1) is 5.69 Å². The molecule has 1 N–H and O–H groups in total. The average molecular weight is 393 g/mol. The summed E-state index contributed by atoms with van der Waals surface area (Å²) >= 11 is 3.02. The van der Waals surface area contributed by atoms with E-state index in [0.29, 0.717) is 17.3 Å². The van der Waals surface area contributed by atoms with Crippen LogP contribution in [0.3, 0.4) is 0 Å². The number of pyridine rings is 3. The summed E-state index contributed by atoms with van der Waals surface area (Å²) in [6.45, 7) is 1.91. The van der Waals surface area contributed by atoms with Gasteiger partial charge in [0.2, 0.25) is 0 Å². The maximum Gasteiger partial charge on any atom is 0.188 e. The Morgan fingerprint density at radius 1 is 0.963 bits per heavy atom. The van der Waals surface area contributed by atoms with Gasteiger partial charge in [-0.05, 0) is 31.2 Å². The van der Waals surface area contributed by atoms with Crippen LogP contribution in [0.15, 0.2) is 76.5 Å². The molecule has 6 nitrogen and oxygen atoms in total. The van der Waals surface area contributed by atoms with E-state index in [-0.39, 0.29) is 0 Å². The minimum Gasteiger partial charge on any atom is -0.452 e. The van der Waals surface area contributed by atoms with E-state index < -0.39 is 0 Å². The molecule has 134 valence electrons. The average Bonchev–Trinajstić information content (AvgIpc) is 3.20. The zero-order chi connectivity index (χ0) is 18.5. The molecule has 0 unspecified atom stereocenters. The number of aromatic nitrogens is 4. The molecule has 8 heteroatoms. The maximum absolute atomic E-state index is 6.12. The van der Waals surface area contributed by atoms with Gasteiger partial charge >= 0.3 is 0 Å². The van der Waals surface area contributed by atoms with Crippen molar-refractivity contribution in [3.63, 3.8) is 0 Å². The lowest BCUT2D eigenvalue weighted by Gasteiger charge is -2.13. The standard InChI is InChI=1S/C19H15N5OS2/c1-13-15(5-4-8-20-13)25-16-11-14(27-17-6-2-3-7-21-17)12-23-18(16)24-19-22-9-10-26-19/h2-12H,1H3,(H,22,23,24). The van der Waals surface area contributed by atoms with Crippen LogP contribution in [-0.4, -0.2) is 19.9 Å². The molecule has 0 spiro atoms. The molecule has 0 aliphatic carbocycles.